The fraction of sp³-hybridized carbons (Fsp3) is 0.111. The molecule has 2 aromatic rings. The van der Waals surface area contributed by atoms with Gasteiger partial charge in [-0.05, 0) is 22.0 Å². The maximum absolute atomic E-state index is 11.7. The van der Waals surface area contributed by atoms with Crippen LogP contribution in [0.25, 0.3) is 0 Å². The van der Waals surface area contributed by atoms with Gasteiger partial charge in [-0.15, -0.1) is 5.10 Å². The summed E-state index contributed by atoms with van der Waals surface area (Å²) in [5.74, 6) is -0.124. The van der Waals surface area contributed by atoms with Crippen LogP contribution in [0.1, 0.15) is 10.6 Å². The summed E-state index contributed by atoms with van der Waals surface area (Å²) in [6.07, 6.45) is 2.99. The first kappa shape index (κ1) is 11.5. The predicted octanol–water partition coefficient (Wildman–Crippen LogP) is 0.807. The molecule has 0 aliphatic rings. The summed E-state index contributed by atoms with van der Waals surface area (Å²) in [7, 11) is 1.68. The third-order valence-corrected chi connectivity index (χ3v) is 2.37. The van der Waals surface area contributed by atoms with Crippen molar-refractivity contribution in [1.29, 1.82) is 0 Å². The van der Waals surface area contributed by atoms with E-state index in [4.69, 9.17) is 5.73 Å². The summed E-state index contributed by atoms with van der Waals surface area (Å²) >= 11 is 3.24. The quantitative estimate of drug-likeness (QED) is 0.854. The first-order valence-corrected chi connectivity index (χ1v) is 5.43. The Balaban J connectivity index is 2.21. The van der Waals surface area contributed by atoms with E-state index in [1.807, 2.05) is 0 Å². The van der Waals surface area contributed by atoms with Crippen LogP contribution in [0.15, 0.2) is 23.1 Å². The highest BCUT2D eigenvalue weighted by Gasteiger charge is 2.12. The van der Waals surface area contributed by atoms with E-state index in [-0.39, 0.29) is 11.6 Å². The SMILES string of the molecule is Cn1cnc(C(=O)Nc2cc(Br)cnc2N)n1. The van der Waals surface area contributed by atoms with Gasteiger partial charge in [-0.25, -0.2) is 9.97 Å². The van der Waals surface area contributed by atoms with Crippen molar-refractivity contribution in [2.24, 2.45) is 7.05 Å². The molecule has 1 amide bonds. The largest absolute Gasteiger partial charge is 0.382 e. The zero-order valence-corrected chi connectivity index (χ0v) is 10.5. The van der Waals surface area contributed by atoms with Gasteiger partial charge in [0.05, 0.1) is 5.69 Å². The van der Waals surface area contributed by atoms with E-state index in [1.165, 1.54) is 11.0 Å². The van der Waals surface area contributed by atoms with Crippen LogP contribution in [0, 0.1) is 0 Å². The van der Waals surface area contributed by atoms with Crippen LogP contribution >= 0.6 is 15.9 Å². The van der Waals surface area contributed by atoms with Crippen molar-refractivity contribution < 1.29 is 4.79 Å². The average Bonchev–Trinajstić information content (AvgIpc) is 2.70. The summed E-state index contributed by atoms with van der Waals surface area (Å²) in [6, 6.07) is 1.66. The Kier molecular flexibility index (Phi) is 3.05. The van der Waals surface area contributed by atoms with Crippen molar-refractivity contribution in [3.8, 4) is 0 Å². The molecule has 7 nitrogen and oxygen atoms in total. The van der Waals surface area contributed by atoms with Crippen molar-refractivity contribution in [2.45, 2.75) is 0 Å². The molecule has 2 rings (SSSR count). The molecular weight excluding hydrogens is 288 g/mol. The molecule has 0 aliphatic heterocycles. The number of carbonyl (C=O) groups excluding carboxylic acids is 1. The van der Waals surface area contributed by atoms with Crippen LogP contribution in [0.2, 0.25) is 0 Å². The molecule has 88 valence electrons. The van der Waals surface area contributed by atoms with Gasteiger partial charge in [-0.3, -0.25) is 9.48 Å². The van der Waals surface area contributed by atoms with Gasteiger partial charge >= 0.3 is 0 Å². The highest BCUT2D eigenvalue weighted by molar-refractivity contribution is 9.10. The molecule has 0 saturated heterocycles. The minimum absolute atomic E-state index is 0.0758. The van der Waals surface area contributed by atoms with Crippen LogP contribution in [0.5, 0.6) is 0 Å². The normalized spacial score (nSPS) is 10.2. The lowest BCUT2D eigenvalue weighted by Crippen LogP contribution is -2.15. The number of nitrogens with zero attached hydrogens (tertiary/aromatic N) is 4. The number of amides is 1. The van der Waals surface area contributed by atoms with Crippen LogP contribution in [0.3, 0.4) is 0 Å². The molecule has 0 aliphatic carbocycles. The molecule has 0 atom stereocenters. The zero-order valence-electron chi connectivity index (χ0n) is 8.88. The molecule has 2 aromatic heterocycles. The van der Waals surface area contributed by atoms with E-state index >= 15 is 0 Å². The van der Waals surface area contributed by atoms with E-state index in [0.29, 0.717) is 5.69 Å². The van der Waals surface area contributed by atoms with Gasteiger partial charge in [0.15, 0.2) is 0 Å². The molecule has 0 spiro atoms. The van der Waals surface area contributed by atoms with Gasteiger partial charge in [-0.1, -0.05) is 0 Å². The van der Waals surface area contributed by atoms with Gasteiger partial charge in [0.2, 0.25) is 5.82 Å². The number of pyridine rings is 1. The fourth-order valence-electron chi connectivity index (χ4n) is 1.17. The molecule has 0 radical (unpaired) electrons. The number of halogens is 1. The first-order valence-electron chi connectivity index (χ1n) is 4.64. The highest BCUT2D eigenvalue weighted by atomic mass is 79.9. The lowest BCUT2D eigenvalue weighted by Gasteiger charge is -2.05. The molecule has 0 unspecified atom stereocenters. The van der Waals surface area contributed by atoms with E-state index in [1.54, 1.807) is 19.3 Å². The first-order chi connectivity index (χ1) is 8.06. The maximum atomic E-state index is 11.7. The van der Waals surface area contributed by atoms with Crippen molar-refractivity contribution in [2.75, 3.05) is 11.1 Å². The minimum Gasteiger partial charge on any atom is -0.382 e. The van der Waals surface area contributed by atoms with Gasteiger partial charge in [0.1, 0.15) is 12.1 Å². The summed E-state index contributed by atoms with van der Waals surface area (Å²) in [6.45, 7) is 0. The lowest BCUT2D eigenvalue weighted by molar-refractivity contribution is 0.101. The van der Waals surface area contributed by atoms with Gasteiger partial charge in [0.25, 0.3) is 5.91 Å². The summed E-state index contributed by atoms with van der Waals surface area (Å²) < 4.78 is 2.16. The van der Waals surface area contributed by atoms with Crippen LogP contribution < -0.4 is 11.1 Å². The predicted molar refractivity (Wildman–Crippen MR) is 65.3 cm³/mol. The summed E-state index contributed by atoms with van der Waals surface area (Å²) in [5, 5.41) is 6.47. The lowest BCUT2D eigenvalue weighted by atomic mass is 10.3. The van der Waals surface area contributed by atoms with Crippen molar-refractivity contribution >= 4 is 33.3 Å². The molecule has 8 heteroatoms. The van der Waals surface area contributed by atoms with E-state index < -0.39 is 5.91 Å². The third-order valence-electron chi connectivity index (χ3n) is 1.94. The Bertz CT molecular complexity index is 566. The number of rotatable bonds is 2. The molecule has 0 fully saturated rings. The Morgan fingerprint density at radius 1 is 1.53 bits per heavy atom. The maximum Gasteiger partial charge on any atom is 0.295 e. The molecule has 3 N–H and O–H groups in total. The van der Waals surface area contributed by atoms with E-state index in [2.05, 4.69) is 36.3 Å². The number of nitrogens with two attached hydrogens (primary N) is 1. The molecule has 0 bridgehead atoms. The van der Waals surface area contributed by atoms with E-state index in [9.17, 15) is 4.79 Å². The minimum atomic E-state index is -0.433. The van der Waals surface area contributed by atoms with Crippen LogP contribution in [0.4, 0.5) is 11.5 Å². The zero-order chi connectivity index (χ0) is 12.4. The van der Waals surface area contributed by atoms with Crippen LogP contribution in [-0.2, 0) is 7.05 Å². The number of hydrogen-bond donors (Lipinski definition) is 2. The Hall–Kier alpha value is -1.96. The van der Waals surface area contributed by atoms with E-state index in [0.717, 1.165) is 4.47 Å². The smallest absolute Gasteiger partial charge is 0.295 e. The van der Waals surface area contributed by atoms with Gasteiger partial charge < -0.3 is 11.1 Å². The topological polar surface area (TPSA) is 98.7 Å². The van der Waals surface area contributed by atoms with Crippen molar-refractivity contribution in [3.63, 3.8) is 0 Å². The second kappa shape index (κ2) is 4.50. The molecular formula is C9H9BrN6O. The summed E-state index contributed by atoms with van der Waals surface area (Å²) in [5.41, 5.74) is 6.04. The Labute approximate surface area is 105 Å². The second-order valence-corrected chi connectivity index (χ2v) is 4.20. The summed E-state index contributed by atoms with van der Waals surface area (Å²) in [4.78, 5) is 19.5. The number of carbonyl (C=O) groups is 1. The Morgan fingerprint density at radius 3 is 2.94 bits per heavy atom. The molecule has 2 heterocycles. The molecule has 0 saturated carbocycles. The number of aryl methyl sites for hydroxylation is 1. The van der Waals surface area contributed by atoms with Crippen LogP contribution in [-0.4, -0.2) is 25.7 Å². The highest BCUT2D eigenvalue weighted by Crippen LogP contribution is 2.20. The van der Waals surface area contributed by atoms with Crippen molar-refractivity contribution in [1.82, 2.24) is 19.7 Å². The third kappa shape index (κ3) is 2.59. The average molecular weight is 297 g/mol. The van der Waals surface area contributed by atoms with Crippen molar-refractivity contribution in [3.05, 3.63) is 28.9 Å². The number of aromatic nitrogens is 4. The van der Waals surface area contributed by atoms with Gasteiger partial charge in [-0.2, -0.15) is 0 Å². The fourth-order valence-corrected chi connectivity index (χ4v) is 1.50. The molecule has 17 heavy (non-hydrogen) atoms. The monoisotopic (exact) mass is 296 g/mol. The Morgan fingerprint density at radius 2 is 2.29 bits per heavy atom. The second-order valence-electron chi connectivity index (χ2n) is 3.28. The van der Waals surface area contributed by atoms with Gasteiger partial charge in [0, 0.05) is 17.7 Å². The number of nitrogens with one attached hydrogen (secondary N) is 1. The number of nitrogen functional groups attached to an aromatic ring is 1. The standard InChI is InChI=1S/C9H9BrN6O/c1-16-4-13-8(15-16)9(17)14-6-2-5(10)3-12-7(6)11/h2-4H,1H3,(H2,11,12)(H,14,17). The number of anilines is 2. The number of hydrogen-bond acceptors (Lipinski definition) is 5. The molecule has 0 aromatic carbocycles.